The number of amides is 1. The van der Waals surface area contributed by atoms with E-state index in [2.05, 4.69) is 22.9 Å². The second kappa shape index (κ2) is 8.22. The first kappa shape index (κ1) is 20.8. The van der Waals surface area contributed by atoms with Crippen molar-refractivity contribution in [2.45, 2.75) is 26.3 Å². The van der Waals surface area contributed by atoms with Crippen molar-refractivity contribution >= 4 is 27.7 Å². The van der Waals surface area contributed by atoms with Gasteiger partial charge in [0.25, 0.3) is 5.91 Å². The summed E-state index contributed by atoms with van der Waals surface area (Å²) in [5.74, 6) is -0.417. The van der Waals surface area contributed by atoms with E-state index in [0.717, 1.165) is 5.57 Å². The van der Waals surface area contributed by atoms with E-state index in [9.17, 15) is 14.9 Å². The number of hydrogen-bond acceptors (Lipinski definition) is 3. The molecule has 2 aromatic carbocycles. The van der Waals surface area contributed by atoms with Gasteiger partial charge in [-0.25, -0.2) is 0 Å². The Morgan fingerprint density at radius 2 is 1.83 bits per heavy atom. The zero-order valence-corrected chi connectivity index (χ0v) is 17.2. The van der Waals surface area contributed by atoms with Crippen molar-refractivity contribution in [3.63, 3.8) is 0 Å². The molecule has 1 unspecified atom stereocenters. The van der Waals surface area contributed by atoms with Crippen LogP contribution in [-0.4, -0.2) is 16.4 Å². The van der Waals surface area contributed by atoms with E-state index in [1.54, 1.807) is 43.3 Å². The van der Waals surface area contributed by atoms with Crippen molar-refractivity contribution in [1.82, 2.24) is 10.3 Å². The van der Waals surface area contributed by atoms with Gasteiger partial charge in [-0.1, -0.05) is 42.5 Å². The van der Waals surface area contributed by atoms with E-state index < -0.39 is 11.4 Å². The molecule has 0 saturated carbocycles. The van der Waals surface area contributed by atoms with Crippen LogP contribution in [0.3, 0.4) is 0 Å². The molecule has 0 bridgehead atoms. The summed E-state index contributed by atoms with van der Waals surface area (Å²) in [4.78, 5) is 28.9. The molecule has 0 spiro atoms. The predicted octanol–water partition coefficient (Wildman–Crippen LogP) is 4.77. The number of aromatic amines is 1. The number of hydrogen-bond donors (Lipinski definition) is 2. The smallest absolute Gasteiger partial charge is 0.252 e. The van der Waals surface area contributed by atoms with Crippen LogP contribution in [0, 0.1) is 11.3 Å². The molecule has 2 N–H and O–H groups in total. The minimum absolute atomic E-state index is 0.0910. The fourth-order valence-electron chi connectivity index (χ4n) is 3.23. The third-order valence-corrected chi connectivity index (χ3v) is 4.95. The topological polar surface area (TPSA) is 85.8 Å². The number of H-pyrrole nitrogens is 1. The number of nitrogens with zero attached hydrogens (tertiary/aromatic N) is 1. The van der Waals surface area contributed by atoms with E-state index in [-0.39, 0.29) is 5.43 Å². The van der Waals surface area contributed by atoms with Crippen molar-refractivity contribution in [3.05, 3.63) is 94.2 Å². The Labute approximate surface area is 175 Å². The summed E-state index contributed by atoms with van der Waals surface area (Å²) in [6.45, 7) is 9.29. The van der Waals surface area contributed by atoms with Crippen LogP contribution in [0.1, 0.15) is 31.1 Å². The Morgan fingerprint density at radius 1 is 1.13 bits per heavy atom. The van der Waals surface area contributed by atoms with Gasteiger partial charge in [-0.15, -0.1) is 0 Å². The fraction of sp³-hybridized carbons (Fsp3) is 0.160. The molecule has 1 amide bonds. The minimum atomic E-state index is -1.25. The van der Waals surface area contributed by atoms with Gasteiger partial charge in [-0.05, 0) is 56.7 Å². The quantitative estimate of drug-likeness (QED) is 0.480. The lowest BCUT2D eigenvalue weighted by molar-refractivity contribution is 0.0933. The lowest BCUT2D eigenvalue weighted by atomic mass is 9.92. The standard InChI is InChI=1S/C25H23N3O2/c1-5-18(12-10-16(2)3)25(4,15-26)28-24(30)17-11-13-20-22(14-17)27-21-9-7-6-8-19(21)23(20)29/h5-14H,1H2,2-4H3,(H,27,29)(H,28,30)/b18-12+. The van der Waals surface area contributed by atoms with E-state index in [1.165, 1.54) is 0 Å². The molecule has 1 aromatic heterocycles. The number of carbonyl (C=O) groups excluding carboxylic acids is 1. The van der Waals surface area contributed by atoms with E-state index >= 15 is 0 Å². The molecule has 0 saturated heterocycles. The Kier molecular flexibility index (Phi) is 5.70. The third kappa shape index (κ3) is 3.94. The highest BCUT2D eigenvalue weighted by molar-refractivity contribution is 6.00. The number of carbonyl (C=O) groups is 1. The molecule has 3 rings (SSSR count). The van der Waals surface area contributed by atoms with Crippen LogP contribution in [0.15, 0.2) is 83.2 Å². The maximum absolute atomic E-state index is 12.9. The molecule has 1 atom stereocenters. The zero-order valence-electron chi connectivity index (χ0n) is 17.2. The molecule has 150 valence electrons. The second-order valence-electron chi connectivity index (χ2n) is 7.52. The Bertz CT molecular complexity index is 1320. The summed E-state index contributed by atoms with van der Waals surface area (Å²) in [6.07, 6.45) is 5.20. The Morgan fingerprint density at radius 3 is 2.50 bits per heavy atom. The van der Waals surface area contributed by atoms with Crippen molar-refractivity contribution in [3.8, 4) is 6.07 Å². The molecule has 0 fully saturated rings. The Hall–Kier alpha value is -3.91. The molecule has 0 radical (unpaired) electrons. The third-order valence-electron chi connectivity index (χ3n) is 4.95. The first-order chi connectivity index (χ1) is 14.3. The molecular formula is C25H23N3O2. The maximum atomic E-state index is 12.9. The van der Waals surface area contributed by atoms with Crippen LogP contribution in [0.4, 0.5) is 0 Å². The largest absolute Gasteiger partial charge is 0.354 e. The maximum Gasteiger partial charge on any atom is 0.252 e. The van der Waals surface area contributed by atoms with Crippen LogP contribution in [0.25, 0.3) is 21.8 Å². The molecule has 0 aliphatic heterocycles. The summed E-state index contributed by atoms with van der Waals surface area (Å²) in [7, 11) is 0. The molecule has 0 aliphatic carbocycles. The van der Waals surface area contributed by atoms with E-state index in [1.807, 2.05) is 38.1 Å². The zero-order chi connectivity index (χ0) is 21.9. The minimum Gasteiger partial charge on any atom is -0.354 e. The highest BCUT2D eigenvalue weighted by Gasteiger charge is 2.29. The van der Waals surface area contributed by atoms with Gasteiger partial charge < -0.3 is 10.3 Å². The number of aromatic nitrogens is 1. The highest BCUT2D eigenvalue weighted by Crippen LogP contribution is 2.20. The van der Waals surface area contributed by atoms with Crippen LogP contribution < -0.4 is 10.7 Å². The number of para-hydroxylation sites is 1. The summed E-state index contributed by atoms with van der Waals surface area (Å²) in [5.41, 5.74) is 1.91. The van der Waals surface area contributed by atoms with Crippen LogP contribution in [0.5, 0.6) is 0 Å². The van der Waals surface area contributed by atoms with Crippen molar-refractivity contribution in [1.29, 1.82) is 5.26 Å². The number of nitrogens with one attached hydrogen (secondary N) is 2. The monoisotopic (exact) mass is 397 g/mol. The van der Waals surface area contributed by atoms with Crippen molar-refractivity contribution in [2.75, 3.05) is 0 Å². The van der Waals surface area contributed by atoms with Gasteiger partial charge in [0.1, 0.15) is 0 Å². The molecule has 5 heteroatoms. The number of fused-ring (bicyclic) bond motifs is 2. The number of rotatable bonds is 5. The van der Waals surface area contributed by atoms with E-state index in [4.69, 9.17) is 0 Å². The first-order valence-corrected chi connectivity index (χ1v) is 9.55. The lowest BCUT2D eigenvalue weighted by Crippen LogP contribution is -2.46. The SMILES string of the molecule is C=C/C(=C\C=C(C)C)C(C)(C#N)NC(=O)c1ccc2c(=O)c3ccccc3[nH]c2c1. The molecule has 5 nitrogen and oxygen atoms in total. The number of nitriles is 1. The molecule has 3 aromatic rings. The van der Waals surface area contributed by atoms with Crippen LogP contribution in [-0.2, 0) is 0 Å². The van der Waals surface area contributed by atoms with Gasteiger partial charge in [0, 0.05) is 21.9 Å². The normalized spacial score (nSPS) is 13.3. The predicted molar refractivity (Wildman–Crippen MR) is 121 cm³/mol. The van der Waals surface area contributed by atoms with Crippen LogP contribution >= 0.6 is 0 Å². The first-order valence-electron chi connectivity index (χ1n) is 9.55. The van der Waals surface area contributed by atoms with Gasteiger partial charge >= 0.3 is 0 Å². The summed E-state index contributed by atoms with van der Waals surface area (Å²) < 4.78 is 0. The molecule has 0 aliphatic rings. The average Bonchev–Trinajstić information content (AvgIpc) is 2.73. The fourth-order valence-corrected chi connectivity index (χ4v) is 3.23. The number of pyridine rings is 1. The molecule has 30 heavy (non-hydrogen) atoms. The number of allylic oxidation sites excluding steroid dienone is 3. The lowest BCUT2D eigenvalue weighted by Gasteiger charge is -2.24. The Balaban J connectivity index is 2.02. The second-order valence-corrected chi connectivity index (χ2v) is 7.52. The van der Waals surface area contributed by atoms with Gasteiger partial charge in [-0.2, -0.15) is 5.26 Å². The highest BCUT2D eigenvalue weighted by atomic mass is 16.1. The van der Waals surface area contributed by atoms with Crippen molar-refractivity contribution in [2.24, 2.45) is 0 Å². The van der Waals surface area contributed by atoms with Gasteiger partial charge in [0.15, 0.2) is 11.0 Å². The van der Waals surface area contributed by atoms with Crippen LogP contribution in [0.2, 0.25) is 0 Å². The summed E-state index contributed by atoms with van der Waals surface area (Å²) in [5, 5.41) is 13.6. The molecule has 1 heterocycles. The van der Waals surface area contributed by atoms with Gasteiger partial charge in [0.2, 0.25) is 0 Å². The van der Waals surface area contributed by atoms with E-state index in [0.29, 0.717) is 32.9 Å². The summed E-state index contributed by atoms with van der Waals surface area (Å²) in [6, 6.07) is 14.3. The average molecular weight is 397 g/mol. The van der Waals surface area contributed by atoms with Gasteiger partial charge in [-0.3, -0.25) is 9.59 Å². The van der Waals surface area contributed by atoms with Crippen molar-refractivity contribution < 1.29 is 4.79 Å². The summed E-state index contributed by atoms with van der Waals surface area (Å²) >= 11 is 0. The molecular weight excluding hydrogens is 374 g/mol. The number of benzene rings is 2. The van der Waals surface area contributed by atoms with Gasteiger partial charge in [0.05, 0.1) is 11.6 Å².